The third-order valence-electron chi connectivity index (χ3n) is 4.69. The van der Waals surface area contributed by atoms with Crippen LogP contribution in [-0.2, 0) is 10.2 Å². The van der Waals surface area contributed by atoms with Gasteiger partial charge >= 0.3 is 0 Å². The van der Waals surface area contributed by atoms with E-state index >= 15 is 0 Å². The van der Waals surface area contributed by atoms with Crippen molar-refractivity contribution >= 4 is 17.5 Å². The maximum Gasteiger partial charge on any atom is 0.266 e. The third kappa shape index (κ3) is 2.88. The normalized spacial score (nSPS) is 18.9. The number of fused-ring (bicyclic) bond motifs is 1. The number of para-hydroxylation sites is 2. The van der Waals surface area contributed by atoms with E-state index in [0.29, 0.717) is 35.8 Å². The number of epoxide rings is 1. The SMILES string of the molecule is CC(C)(C)c1ccc2c(c1)C(=O)N(c1ccccc1OCC1CO1)C2=O. The number of carbonyl (C=O) groups is 2. The Bertz CT molecular complexity index is 893. The fourth-order valence-corrected chi connectivity index (χ4v) is 3.04. The van der Waals surface area contributed by atoms with Gasteiger partial charge in [0.15, 0.2) is 0 Å². The second-order valence-electron chi connectivity index (χ2n) is 7.69. The first-order valence-electron chi connectivity index (χ1n) is 8.73. The number of carbonyl (C=O) groups excluding carboxylic acids is 2. The first-order valence-corrected chi connectivity index (χ1v) is 8.73. The van der Waals surface area contributed by atoms with E-state index in [9.17, 15) is 9.59 Å². The molecule has 2 aliphatic rings. The maximum absolute atomic E-state index is 13.0. The van der Waals surface area contributed by atoms with Gasteiger partial charge in [0.2, 0.25) is 0 Å². The van der Waals surface area contributed by atoms with Crippen molar-refractivity contribution in [2.75, 3.05) is 18.1 Å². The van der Waals surface area contributed by atoms with Crippen molar-refractivity contribution in [3.05, 3.63) is 59.2 Å². The lowest BCUT2D eigenvalue weighted by atomic mass is 9.85. The van der Waals surface area contributed by atoms with E-state index < -0.39 is 0 Å². The quantitative estimate of drug-likeness (QED) is 0.624. The lowest BCUT2D eigenvalue weighted by Crippen LogP contribution is -2.30. The lowest BCUT2D eigenvalue weighted by Gasteiger charge is -2.19. The molecule has 5 heteroatoms. The van der Waals surface area contributed by atoms with Gasteiger partial charge in [0.25, 0.3) is 11.8 Å². The average Bonchev–Trinajstić information content (AvgIpc) is 3.40. The number of amides is 2. The van der Waals surface area contributed by atoms with Crippen molar-refractivity contribution in [2.24, 2.45) is 0 Å². The minimum Gasteiger partial charge on any atom is -0.489 e. The topological polar surface area (TPSA) is 59.1 Å². The van der Waals surface area contributed by atoms with Gasteiger partial charge in [0.1, 0.15) is 18.5 Å². The Morgan fingerprint density at radius 1 is 1.08 bits per heavy atom. The number of rotatable bonds is 4. The highest BCUT2D eigenvalue weighted by molar-refractivity contribution is 6.34. The molecule has 2 aliphatic heterocycles. The number of benzene rings is 2. The van der Waals surface area contributed by atoms with Gasteiger partial charge in [-0.2, -0.15) is 0 Å². The Kier molecular flexibility index (Phi) is 3.84. The summed E-state index contributed by atoms with van der Waals surface area (Å²) >= 11 is 0. The van der Waals surface area contributed by atoms with Crippen LogP contribution in [0.25, 0.3) is 0 Å². The Labute approximate surface area is 152 Å². The largest absolute Gasteiger partial charge is 0.489 e. The standard InChI is InChI=1S/C21H21NO4/c1-21(2,3)13-8-9-15-16(10-13)20(24)22(19(15)23)17-6-4-5-7-18(17)26-12-14-11-25-14/h4-10,14H,11-12H2,1-3H3. The number of anilines is 1. The smallest absolute Gasteiger partial charge is 0.266 e. The van der Waals surface area contributed by atoms with Crippen LogP contribution in [0.2, 0.25) is 0 Å². The molecule has 2 amide bonds. The van der Waals surface area contributed by atoms with E-state index in [1.165, 1.54) is 4.90 Å². The first-order chi connectivity index (χ1) is 12.4. The summed E-state index contributed by atoms with van der Waals surface area (Å²) in [7, 11) is 0. The predicted molar refractivity (Wildman–Crippen MR) is 98.0 cm³/mol. The summed E-state index contributed by atoms with van der Waals surface area (Å²) < 4.78 is 10.9. The molecule has 26 heavy (non-hydrogen) atoms. The Morgan fingerprint density at radius 3 is 2.46 bits per heavy atom. The van der Waals surface area contributed by atoms with Crippen molar-refractivity contribution in [1.29, 1.82) is 0 Å². The Balaban J connectivity index is 1.70. The van der Waals surface area contributed by atoms with Gasteiger partial charge in [-0.3, -0.25) is 9.59 Å². The molecule has 134 valence electrons. The van der Waals surface area contributed by atoms with Crippen molar-refractivity contribution in [3.63, 3.8) is 0 Å². The van der Waals surface area contributed by atoms with Crippen LogP contribution in [0.4, 0.5) is 5.69 Å². The molecule has 1 fully saturated rings. The van der Waals surface area contributed by atoms with Gasteiger partial charge in [0, 0.05) is 0 Å². The average molecular weight is 351 g/mol. The third-order valence-corrected chi connectivity index (χ3v) is 4.69. The lowest BCUT2D eigenvalue weighted by molar-refractivity contribution is 0.0924. The summed E-state index contributed by atoms with van der Waals surface area (Å²) in [5.74, 6) is -0.118. The fourth-order valence-electron chi connectivity index (χ4n) is 3.04. The van der Waals surface area contributed by atoms with Gasteiger partial charge in [-0.1, -0.05) is 39.0 Å². The molecule has 2 aromatic rings. The second-order valence-corrected chi connectivity index (χ2v) is 7.69. The zero-order chi connectivity index (χ0) is 18.5. The fraction of sp³-hybridized carbons (Fsp3) is 0.333. The van der Waals surface area contributed by atoms with Crippen LogP contribution in [0.15, 0.2) is 42.5 Å². The monoisotopic (exact) mass is 351 g/mol. The van der Waals surface area contributed by atoms with Crippen LogP contribution < -0.4 is 9.64 Å². The molecule has 1 unspecified atom stereocenters. The highest BCUT2D eigenvalue weighted by atomic mass is 16.6. The molecule has 4 rings (SSSR count). The molecule has 2 heterocycles. The summed E-state index contributed by atoms with van der Waals surface area (Å²) in [6.07, 6.45) is 0.0968. The van der Waals surface area contributed by atoms with Crippen LogP contribution >= 0.6 is 0 Å². The van der Waals surface area contributed by atoms with Crippen molar-refractivity contribution in [1.82, 2.24) is 0 Å². The van der Waals surface area contributed by atoms with E-state index in [1.54, 1.807) is 24.3 Å². The van der Waals surface area contributed by atoms with Gasteiger partial charge in [-0.15, -0.1) is 0 Å². The first kappa shape index (κ1) is 16.8. The zero-order valence-corrected chi connectivity index (χ0v) is 15.1. The molecule has 0 bridgehead atoms. The molecule has 5 nitrogen and oxygen atoms in total. The summed E-state index contributed by atoms with van der Waals surface area (Å²) in [5, 5.41) is 0. The minimum absolute atomic E-state index is 0.0968. The molecule has 0 aliphatic carbocycles. The van der Waals surface area contributed by atoms with E-state index in [1.807, 2.05) is 18.2 Å². The second kappa shape index (κ2) is 5.95. The Hall–Kier alpha value is -2.66. The molecule has 0 saturated carbocycles. The molecule has 1 atom stereocenters. The van der Waals surface area contributed by atoms with Crippen LogP contribution in [-0.4, -0.2) is 31.1 Å². The number of ether oxygens (including phenoxy) is 2. The highest BCUT2D eigenvalue weighted by Crippen LogP contribution is 2.36. The van der Waals surface area contributed by atoms with Gasteiger partial charge in [-0.25, -0.2) is 4.90 Å². The van der Waals surface area contributed by atoms with Crippen LogP contribution in [0.3, 0.4) is 0 Å². The van der Waals surface area contributed by atoms with Crippen molar-refractivity contribution in [3.8, 4) is 5.75 Å². The van der Waals surface area contributed by atoms with Gasteiger partial charge in [-0.05, 0) is 35.2 Å². The summed E-state index contributed by atoms with van der Waals surface area (Å²) in [4.78, 5) is 27.1. The number of nitrogens with zero attached hydrogens (tertiary/aromatic N) is 1. The van der Waals surface area contributed by atoms with E-state index in [0.717, 1.165) is 5.56 Å². The van der Waals surface area contributed by atoms with Gasteiger partial charge in [0.05, 0.1) is 23.4 Å². The van der Waals surface area contributed by atoms with E-state index in [2.05, 4.69) is 20.8 Å². The highest BCUT2D eigenvalue weighted by Gasteiger charge is 2.39. The minimum atomic E-state index is -0.316. The van der Waals surface area contributed by atoms with Crippen molar-refractivity contribution < 1.29 is 19.1 Å². The number of hydrogen-bond donors (Lipinski definition) is 0. The van der Waals surface area contributed by atoms with Crippen LogP contribution in [0.1, 0.15) is 47.1 Å². The molecule has 0 N–H and O–H groups in total. The van der Waals surface area contributed by atoms with Crippen LogP contribution in [0, 0.1) is 0 Å². The molecule has 0 aromatic heterocycles. The zero-order valence-electron chi connectivity index (χ0n) is 15.1. The molecular formula is C21H21NO4. The molecule has 2 aromatic carbocycles. The number of imide groups is 1. The van der Waals surface area contributed by atoms with Crippen molar-refractivity contribution in [2.45, 2.75) is 32.3 Å². The van der Waals surface area contributed by atoms with E-state index in [-0.39, 0.29) is 23.3 Å². The number of hydrogen-bond acceptors (Lipinski definition) is 4. The van der Waals surface area contributed by atoms with E-state index in [4.69, 9.17) is 9.47 Å². The maximum atomic E-state index is 13.0. The molecule has 1 saturated heterocycles. The Morgan fingerprint density at radius 2 is 1.77 bits per heavy atom. The molecule has 0 spiro atoms. The summed E-state index contributed by atoms with van der Waals surface area (Å²) in [6.45, 7) is 7.34. The molecule has 0 radical (unpaired) electrons. The predicted octanol–water partition coefficient (Wildman–Crippen LogP) is 3.56. The summed E-state index contributed by atoms with van der Waals surface area (Å²) in [6, 6.07) is 12.6. The summed E-state index contributed by atoms with van der Waals surface area (Å²) in [5.41, 5.74) is 2.27. The molecular weight excluding hydrogens is 330 g/mol. The van der Waals surface area contributed by atoms with Gasteiger partial charge < -0.3 is 9.47 Å². The van der Waals surface area contributed by atoms with Crippen LogP contribution in [0.5, 0.6) is 5.75 Å².